The highest BCUT2D eigenvalue weighted by molar-refractivity contribution is 5.36. The lowest BCUT2D eigenvalue weighted by atomic mass is 10.1. The average molecular weight is 355 g/mol. The van der Waals surface area contributed by atoms with E-state index in [-0.39, 0.29) is 5.49 Å². The second kappa shape index (κ2) is 7.09. The van der Waals surface area contributed by atoms with E-state index in [0.29, 0.717) is 16.3 Å². The third kappa shape index (κ3) is 3.27. The van der Waals surface area contributed by atoms with E-state index in [1.54, 1.807) is 31.2 Å². The molecule has 1 aromatic heterocycles. The summed E-state index contributed by atoms with van der Waals surface area (Å²) in [6.07, 6.45) is 0. The molecule has 3 aromatic rings. The van der Waals surface area contributed by atoms with Crippen LogP contribution in [0.15, 0.2) is 59.6 Å². The first-order chi connectivity index (χ1) is 12.5. The van der Waals surface area contributed by atoms with Crippen molar-refractivity contribution < 1.29 is 14.9 Å². The molecule has 1 N–H and O–H groups in total. The molecule has 134 valence electrons. The third-order valence-electron chi connectivity index (χ3n) is 3.83. The van der Waals surface area contributed by atoms with Crippen LogP contribution in [0.1, 0.15) is 18.5 Å². The summed E-state index contributed by atoms with van der Waals surface area (Å²) in [7, 11) is 1.53. The van der Waals surface area contributed by atoms with Gasteiger partial charge in [0.2, 0.25) is 0 Å². The summed E-state index contributed by atoms with van der Waals surface area (Å²) in [6.45, 7) is 1.78. The van der Waals surface area contributed by atoms with Gasteiger partial charge in [-0.2, -0.15) is 0 Å². The summed E-state index contributed by atoms with van der Waals surface area (Å²) in [4.78, 5) is 16.6. The SMILES string of the molecule is COc1ccc(-n2nc([N+](=O)[O-])c(=N[C@H](C)c3ccccc3)n2O)cc1. The van der Waals surface area contributed by atoms with E-state index in [0.717, 1.165) is 10.4 Å². The summed E-state index contributed by atoms with van der Waals surface area (Å²) >= 11 is 0. The van der Waals surface area contributed by atoms with Gasteiger partial charge in [0.05, 0.1) is 18.3 Å². The van der Waals surface area contributed by atoms with Crippen molar-refractivity contribution >= 4 is 5.82 Å². The Balaban J connectivity index is 2.11. The Morgan fingerprint density at radius 2 is 1.85 bits per heavy atom. The molecule has 0 aliphatic heterocycles. The lowest BCUT2D eigenvalue weighted by Crippen LogP contribution is -2.23. The number of hydrogen-bond acceptors (Lipinski definition) is 6. The summed E-state index contributed by atoms with van der Waals surface area (Å²) in [5, 5.41) is 25.7. The van der Waals surface area contributed by atoms with Gasteiger partial charge in [-0.1, -0.05) is 35.2 Å². The first kappa shape index (κ1) is 17.2. The van der Waals surface area contributed by atoms with Crippen molar-refractivity contribution in [3.63, 3.8) is 0 Å². The molecule has 1 heterocycles. The smallest absolute Gasteiger partial charge is 0.438 e. The van der Waals surface area contributed by atoms with Crippen LogP contribution in [0.2, 0.25) is 0 Å². The summed E-state index contributed by atoms with van der Waals surface area (Å²) in [5.41, 5.74) is 1.05. The van der Waals surface area contributed by atoms with Crippen molar-refractivity contribution in [3.05, 3.63) is 75.8 Å². The van der Waals surface area contributed by atoms with Crippen molar-refractivity contribution in [2.75, 3.05) is 7.11 Å². The molecule has 0 spiro atoms. The van der Waals surface area contributed by atoms with Gasteiger partial charge in [0.15, 0.2) is 0 Å². The molecule has 0 aliphatic rings. The van der Waals surface area contributed by atoms with Gasteiger partial charge in [-0.25, -0.2) is 4.99 Å². The van der Waals surface area contributed by atoms with E-state index in [9.17, 15) is 15.3 Å². The van der Waals surface area contributed by atoms with Gasteiger partial charge in [0, 0.05) is 0 Å². The first-order valence-electron chi connectivity index (χ1n) is 7.80. The molecule has 9 nitrogen and oxygen atoms in total. The molecule has 0 aliphatic carbocycles. The van der Waals surface area contributed by atoms with E-state index in [4.69, 9.17) is 4.74 Å². The monoisotopic (exact) mass is 355 g/mol. The fourth-order valence-corrected chi connectivity index (χ4v) is 2.46. The van der Waals surface area contributed by atoms with Crippen LogP contribution in [-0.4, -0.2) is 32.0 Å². The van der Waals surface area contributed by atoms with Crippen LogP contribution in [0.4, 0.5) is 5.82 Å². The van der Waals surface area contributed by atoms with Gasteiger partial charge in [-0.15, -0.1) is 0 Å². The lowest BCUT2D eigenvalue weighted by molar-refractivity contribution is -0.391. The predicted molar refractivity (Wildman–Crippen MR) is 92.4 cm³/mol. The number of rotatable bonds is 5. The third-order valence-corrected chi connectivity index (χ3v) is 3.83. The zero-order valence-corrected chi connectivity index (χ0v) is 14.2. The Labute approximate surface area is 148 Å². The minimum absolute atomic E-state index is 0.234. The minimum atomic E-state index is -0.677. The Bertz CT molecular complexity index is 977. The van der Waals surface area contributed by atoms with Gasteiger partial charge >= 0.3 is 5.82 Å². The zero-order valence-electron chi connectivity index (χ0n) is 14.2. The normalized spacial score (nSPS) is 12.8. The largest absolute Gasteiger partial charge is 0.497 e. The molecule has 0 fully saturated rings. The van der Waals surface area contributed by atoms with Gasteiger partial charge in [0.25, 0.3) is 5.49 Å². The molecule has 2 aromatic carbocycles. The second-order valence-electron chi connectivity index (χ2n) is 5.50. The lowest BCUT2D eigenvalue weighted by Gasteiger charge is -2.05. The van der Waals surface area contributed by atoms with Crippen LogP contribution >= 0.6 is 0 Å². The maximum atomic E-state index is 11.4. The number of methoxy groups -OCH3 is 1. The average Bonchev–Trinajstić information content (AvgIpc) is 2.99. The van der Waals surface area contributed by atoms with Crippen LogP contribution in [0.3, 0.4) is 0 Å². The topological polar surface area (TPSA) is 108 Å². The van der Waals surface area contributed by atoms with Gasteiger partial charge in [-0.3, -0.25) is 0 Å². The maximum Gasteiger partial charge on any atom is 0.438 e. The highest BCUT2D eigenvalue weighted by atomic mass is 16.6. The Hall–Kier alpha value is -3.62. The molecular weight excluding hydrogens is 338 g/mol. The number of aromatic nitrogens is 3. The van der Waals surface area contributed by atoms with Crippen molar-refractivity contribution in [2.45, 2.75) is 13.0 Å². The molecular formula is C17H17N5O4. The second-order valence-corrected chi connectivity index (χ2v) is 5.50. The first-order valence-corrected chi connectivity index (χ1v) is 7.80. The van der Waals surface area contributed by atoms with Crippen LogP contribution in [0, 0.1) is 10.1 Å². The van der Waals surface area contributed by atoms with Crippen molar-refractivity contribution in [1.82, 2.24) is 14.7 Å². The number of nitro groups is 1. The van der Waals surface area contributed by atoms with Crippen LogP contribution in [0.25, 0.3) is 5.69 Å². The van der Waals surface area contributed by atoms with E-state index in [2.05, 4.69) is 10.1 Å². The van der Waals surface area contributed by atoms with Gasteiger partial charge in [-0.05, 0) is 46.5 Å². The Morgan fingerprint density at radius 1 is 1.19 bits per heavy atom. The molecule has 26 heavy (non-hydrogen) atoms. The molecule has 0 bridgehead atoms. The molecule has 0 saturated heterocycles. The van der Waals surface area contributed by atoms with E-state index in [1.807, 2.05) is 30.3 Å². The number of nitrogens with zero attached hydrogens (tertiary/aromatic N) is 5. The summed E-state index contributed by atoms with van der Waals surface area (Å²) in [6, 6.07) is 15.4. The fourth-order valence-electron chi connectivity index (χ4n) is 2.46. The van der Waals surface area contributed by atoms with Gasteiger partial charge < -0.3 is 20.1 Å². The van der Waals surface area contributed by atoms with E-state index < -0.39 is 16.8 Å². The minimum Gasteiger partial charge on any atom is -0.497 e. The van der Waals surface area contributed by atoms with Crippen molar-refractivity contribution in [3.8, 4) is 11.4 Å². The van der Waals surface area contributed by atoms with Crippen molar-refractivity contribution in [1.29, 1.82) is 0 Å². The molecule has 0 unspecified atom stereocenters. The molecule has 0 radical (unpaired) electrons. The van der Waals surface area contributed by atoms with Crippen LogP contribution in [-0.2, 0) is 0 Å². The van der Waals surface area contributed by atoms with Crippen LogP contribution in [0.5, 0.6) is 5.75 Å². The molecule has 1 atom stereocenters. The van der Waals surface area contributed by atoms with Crippen LogP contribution < -0.4 is 10.2 Å². The maximum absolute atomic E-state index is 11.4. The molecule has 0 saturated carbocycles. The highest BCUT2D eigenvalue weighted by Gasteiger charge is 2.24. The van der Waals surface area contributed by atoms with Crippen molar-refractivity contribution in [2.24, 2.45) is 4.99 Å². The zero-order chi connectivity index (χ0) is 18.7. The molecule has 0 amide bonds. The number of benzene rings is 2. The van der Waals surface area contributed by atoms with E-state index in [1.165, 1.54) is 7.11 Å². The Kier molecular flexibility index (Phi) is 4.70. The molecule has 9 heteroatoms. The van der Waals surface area contributed by atoms with E-state index >= 15 is 0 Å². The predicted octanol–water partition coefficient (Wildman–Crippen LogP) is 2.49. The quantitative estimate of drug-likeness (QED) is 0.430. The number of ether oxygens (including phenoxy) is 1. The summed E-state index contributed by atoms with van der Waals surface area (Å²) < 4.78 is 5.08. The Morgan fingerprint density at radius 3 is 2.42 bits per heavy atom. The number of hydrogen-bond donors (Lipinski definition) is 1. The fraction of sp³-hybridized carbons (Fsp3) is 0.176. The van der Waals surface area contributed by atoms with Gasteiger partial charge in [0.1, 0.15) is 11.4 Å². The summed E-state index contributed by atoms with van der Waals surface area (Å²) in [5.74, 6) is 0.0774. The standard InChI is InChI=1S/C17H17N5O4/c1-12(13-6-4-3-5-7-13)18-16-17(22(24)25)19-20(21(16)23)14-8-10-15(26-2)11-9-14/h3-12,23H,1-2H3/t12-/m1/s1. The molecule has 3 rings (SSSR count). The highest BCUT2D eigenvalue weighted by Crippen LogP contribution is 2.17.